The van der Waals surface area contributed by atoms with Crippen molar-refractivity contribution in [2.24, 2.45) is 5.92 Å². The molecule has 2 rings (SSSR count). The van der Waals surface area contributed by atoms with Crippen molar-refractivity contribution in [1.82, 2.24) is 14.8 Å². The Hall–Kier alpha value is -2.11. The van der Waals surface area contributed by atoms with E-state index >= 15 is 0 Å². The van der Waals surface area contributed by atoms with Gasteiger partial charge in [0, 0.05) is 19.3 Å². The van der Waals surface area contributed by atoms with Gasteiger partial charge in [-0.1, -0.05) is 6.07 Å². The minimum atomic E-state index is -0.980. The van der Waals surface area contributed by atoms with E-state index in [1.54, 1.807) is 7.05 Å². The first-order chi connectivity index (χ1) is 9.95. The second kappa shape index (κ2) is 6.56. The van der Waals surface area contributed by atoms with Gasteiger partial charge in [0.05, 0.1) is 12.2 Å². The molecule has 0 spiro atoms. The van der Waals surface area contributed by atoms with Gasteiger partial charge in [-0.25, -0.2) is 4.79 Å². The molecular weight excluding hydrogens is 270 g/mol. The number of carboxylic acid groups (broad SMARTS) is 1. The van der Waals surface area contributed by atoms with Gasteiger partial charge in [0.2, 0.25) is 0 Å². The topological polar surface area (TPSA) is 73.7 Å². The van der Waals surface area contributed by atoms with E-state index in [0.717, 1.165) is 24.2 Å². The van der Waals surface area contributed by atoms with Crippen molar-refractivity contribution < 1.29 is 14.7 Å². The summed E-state index contributed by atoms with van der Waals surface area (Å²) in [6.45, 7) is 2.55. The molecule has 0 atom stereocenters. The number of nitrogens with zero attached hydrogens (tertiary/aromatic N) is 3. The molecule has 1 heterocycles. The lowest BCUT2D eigenvalue weighted by Crippen LogP contribution is -2.44. The smallest absolute Gasteiger partial charge is 0.323 e. The Morgan fingerprint density at radius 3 is 2.67 bits per heavy atom. The van der Waals surface area contributed by atoms with E-state index in [1.807, 2.05) is 25.1 Å². The molecule has 0 unspecified atom stereocenters. The number of aromatic nitrogens is 1. The van der Waals surface area contributed by atoms with Crippen LogP contribution in [0.1, 0.15) is 24.2 Å². The summed E-state index contributed by atoms with van der Waals surface area (Å²) in [6, 6.07) is 5.40. The minimum absolute atomic E-state index is 0.249. The average Bonchev–Trinajstić information content (AvgIpc) is 3.20. The van der Waals surface area contributed by atoms with E-state index in [0.29, 0.717) is 19.0 Å². The van der Waals surface area contributed by atoms with Crippen LogP contribution < -0.4 is 0 Å². The first-order valence-electron chi connectivity index (χ1n) is 7.10. The fourth-order valence-corrected chi connectivity index (χ4v) is 2.23. The third kappa shape index (κ3) is 4.73. The predicted molar refractivity (Wildman–Crippen MR) is 77.8 cm³/mol. The van der Waals surface area contributed by atoms with Crippen molar-refractivity contribution in [2.45, 2.75) is 26.3 Å². The number of carbonyl (C=O) groups excluding carboxylic acids is 1. The maximum absolute atomic E-state index is 12.4. The van der Waals surface area contributed by atoms with Crippen molar-refractivity contribution in [3.05, 3.63) is 29.6 Å². The number of rotatable bonds is 6. The fourth-order valence-electron chi connectivity index (χ4n) is 2.23. The summed E-state index contributed by atoms with van der Waals surface area (Å²) in [5.41, 5.74) is 1.70. The number of hydrogen-bond acceptors (Lipinski definition) is 3. The van der Waals surface area contributed by atoms with Crippen LogP contribution in [0.5, 0.6) is 0 Å². The lowest BCUT2D eigenvalue weighted by Gasteiger charge is -2.27. The summed E-state index contributed by atoms with van der Waals surface area (Å²) < 4.78 is 0. The molecule has 1 aromatic rings. The first-order valence-corrected chi connectivity index (χ1v) is 7.10. The van der Waals surface area contributed by atoms with Crippen LogP contribution in [0.15, 0.2) is 18.2 Å². The van der Waals surface area contributed by atoms with Crippen LogP contribution in [0.25, 0.3) is 0 Å². The van der Waals surface area contributed by atoms with Crippen LogP contribution in [-0.2, 0) is 11.3 Å². The molecule has 0 aromatic carbocycles. The number of amides is 2. The summed E-state index contributed by atoms with van der Waals surface area (Å²) in [5.74, 6) is -0.523. The number of carboxylic acids is 1. The van der Waals surface area contributed by atoms with Crippen LogP contribution in [0.4, 0.5) is 4.79 Å². The van der Waals surface area contributed by atoms with Crippen molar-refractivity contribution in [3.63, 3.8) is 0 Å². The van der Waals surface area contributed by atoms with Crippen LogP contribution in [0, 0.1) is 12.8 Å². The van der Waals surface area contributed by atoms with Gasteiger partial charge in [0.25, 0.3) is 0 Å². The number of urea groups is 1. The Balaban J connectivity index is 1.98. The molecule has 6 nitrogen and oxygen atoms in total. The van der Waals surface area contributed by atoms with Gasteiger partial charge in [0.1, 0.15) is 6.54 Å². The quantitative estimate of drug-likeness (QED) is 0.866. The third-order valence-electron chi connectivity index (χ3n) is 3.44. The molecule has 0 bridgehead atoms. The zero-order valence-electron chi connectivity index (χ0n) is 12.5. The first kappa shape index (κ1) is 15.3. The SMILES string of the molecule is Cc1cccc(CN(C)C(=O)N(CC(=O)O)CC2CC2)n1. The van der Waals surface area contributed by atoms with Crippen molar-refractivity contribution in [1.29, 1.82) is 0 Å². The number of aliphatic carboxylic acids is 1. The largest absolute Gasteiger partial charge is 0.480 e. The van der Waals surface area contributed by atoms with E-state index in [4.69, 9.17) is 5.11 Å². The summed E-state index contributed by atoms with van der Waals surface area (Å²) in [6.07, 6.45) is 2.15. The fraction of sp³-hybridized carbons (Fsp3) is 0.533. The van der Waals surface area contributed by atoms with Crippen molar-refractivity contribution in [2.75, 3.05) is 20.1 Å². The summed E-state index contributed by atoms with van der Waals surface area (Å²) in [4.78, 5) is 30.6. The Kier molecular flexibility index (Phi) is 4.77. The summed E-state index contributed by atoms with van der Waals surface area (Å²) in [5, 5.41) is 8.95. The maximum atomic E-state index is 12.4. The molecule has 114 valence electrons. The van der Waals surface area contributed by atoms with Crippen LogP contribution in [0.3, 0.4) is 0 Å². The highest BCUT2D eigenvalue weighted by molar-refractivity contribution is 5.80. The molecule has 2 amide bonds. The molecule has 0 aliphatic heterocycles. The number of hydrogen-bond donors (Lipinski definition) is 1. The molecule has 1 saturated carbocycles. The third-order valence-corrected chi connectivity index (χ3v) is 3.44. The summed E-state index contributed by atoms with van der Waals surface area (Å²) >= 11 is 0. The second-order valence-corrected chi connectivity index (χ2v) is 5.63. The lowest BCUT2D eigenvalue weighted by atomic mass is 10.3. The maximum Gasteiger partial charge on any atom is 0.323 e. The zero-order valence-corrected chi connectivity index (χ0v) is 12.5. The summed E-state index contributed by atoms with van der Waals surface area (Å²) in [7, 11) is 1.67. The van der Waals surface area contributed by atoms with Crippen LogP contribution in [-0.4, -0.2) is 52.0 Å². The molecule has 6 heteroatoms. The van der Waals surface area contributed by atoms with Gasteiger partial charge < -0.3 is 14.9 Å². The molecule has 1 aliphatic carbocycles. The van der Waals surface area contributed by atoms with Crippen molar-refractivity contribution >= 4 is 12.0 Å². The van der Waals surface area contributed by atoms with E-state index < -0.39 is 5.97 Å². The van der Waals surface area contributed by atoms with Gasteiger partial charge in [-0.3, -0.25) is 9.78 Å². The van der Waals surface area contributed by atoms with Gasteiger partial charge in [-0.05, 0) is 37.8 Å². The van der Waals surface area contributed by atoms with Crippen molar-refractivity contribution in [3.8, 4) is 0 Å². The Morgan fingerprint density at radius 1 is 1.38 bits per heavy atom. The molecule has 0 radical (unpaired) electrons. The highest BCUT2D eigenvalue weighted by Crippen LogP contribution is 2.29. The van der Waals surface area contributed by atoms with E-state index in [9.17, 15) is 9.59 Å². The number of carbonyl (C=O) groups is 2. The Labute approximate surface area is 124 Å². The molecule has 1 aliphatic rings. The molecule has 21 heavy (non-hydrogen) atoms. The Morgan fingerprint density at radius 2 is 2.10 bits per heavy atom. The van der Waals surface area contributed by atoms with E-state index in [-0.39, 0.29) is 12.6 Å². The zero-order chi connectivity index (χ0) is 15.4. The minimum Gasteiger partial charge on any atom is -0.480 e. The molecule has 1 N–H and O–H groups in total. The monoisotopic (exact) mass is 291 g/mol. The lowest BCUT2D eigenvalue weighted by molar-refractivity contribution is -0.137. The molecule has 0 saturated heterocycles. The van der Waals surface area contributed by atoms with Crippen LogP contribution >= 0.6 is 0 Å². The van der Waals surface area contributed by atoms with Gasteiger partial charge in [-0.2, -0.15) is 0 Å². The van der Waals surface area contributed by atoms with Gasteiger partial charge >= 0.3 is 12.0 Å². The highest BCUT2D eigenvalue weighted by atomic mass is 16.4. The Bertz CT molecular complexity index is 529. The second-order valence-electron chi connectivity index (χ2n) is 5.63. The molecule has 1 aromatic heterocycles. The normalized spacial score (nSPS) is 13.8. The highest BCUT2D eigenvalue weighted by Gasteiger charge is 2.29. The molecular formula is C15H21N3O3. The number of aryl methyl sites for hydroxylation is 1. The average molecular weight is 291 g/mol. The number of pyridine rings is 1. The molecule has 1 fully saturated rings. The van der Waals surface area contributed by atoms with Gasteiger partial charge in [-0.15, -0.1) is 0 Å². The standard InChI is InChI=1S/C15H21N3O3/c1-11-4-3-5-13(16-11)9-17(2)15(21)18(10-14(19)20)8-12-6-7-12/h3-5,12H,6-10H2,1-2H3,(H,19,20). The predicted octanol–water partition coefficient (Wildman–Crippen LogP) is 1.74. The van der Waals surface area contributed by atoms with Crippen LogP contribution in [0.2, 0.25) is 0 Å². The van der Waals surface area contributed by atoms with E-state index in [1.165, 1.54) is 9.80 Å². The van der Waals surface area contributed by atoms with Gasteiger partial charge in [0.15, 0.2) is 0 Å². The van der Waals surface area contributed by atoms with E-state index in [2.05, 4.69) is 4.98 Å².